The molecule has 1 aromatic carbocycles. The van der Waals surface area contributed by atoms with Crippen LogP contribution in [-0.4, -0.2) is 30.4 Å². The second-order valence-corrected chi connectivity index (χ2v) is 5.44. The van der Waals surface area contributed by atoms with Crippen LogP contribution in [0.1, 0.15) is 16.1 Å². The normalized spacial score (nSPS) is 11.0. The molecule has 3 aromatic heterocycles. The lowest BCUT2D eigenvalue weighted by Crippen LogP contribution is -2.03. The van der Waals surface area contributed by atoms with Crippen LogP contribution >= 0.6 is 0 Å². The molecule has 0 bridgehead atoms. The topological polar surface area (TPSA) is 92.4 Å². The second-order valence-electron chi connectivity index (χ2n) is 5.44. The summed E-state index contributed by atoms with van der Waals surface area (Å²) in [6.45, 7) is 2.01. The number of hydrogen-bond donors (Lipinski definition) is 2. The lowest BCUT2D eigenvalue weighted by atomic mass is 10.2. The van der Waals surface area contributed by atoms with Crippen molar-refractivity contribution >= 4 is 34.0 Å². The first-order valence-electron chi connectivity index (χ1n) is 7.31. The summed E-state index contributed by atoms with van der Waals surface area (Å²) in [4.78, 5) is 23.9. The van der Waals surface area contributed by atoms with Crippen LogP contribution in [0.4, 0.5) is 11.5 Å². The molecule has 4 rings (SSSR count). The van der Waals surface area contributed by atoms with E-state index in [2.05, 4.69) is 20.3 Å². The fourth-order valence-electron chi connectivity index (χ4n) is 2.59. The average molecular weight is 319 g/mol. The largest absolute Gasteiger partial charge is 0.476 e. The molecular formula is C17H13N5O2. The molecule has 4 aromatic rings. The smallest absolute Gasteiger partial charge is 0.358 e. The first-order valence-corrected chi connectivity index (χ1v) is 7.31. The fourth-order valence-corrected chi connectivity index (χ4v) is 2.59. The Morgan fingerprint density at radius 1 is 1.21 bits per heavy atom. The van der Waals surface area contributed by atoms with Gasteiger partial charge in [0.05, 0.1) is 11.7 Å². The van der Waals surface area contributed by atoms with Crippen LogP contribution in [0, 0.1) is 6.92 Å². The van der Waals surface area contributed by atoms with Gasteiger partial charge in [-0.05, 0) is 25.1 Å². The zero-order chi connectivity index (χ0) is 16.7. The Morgan fingerprint density at radius 2 is 2.00 bits per heavy atom. The van der Waals surface area contributed by atoms with E-state index in [-0.39, 0.29) is 11.3 Å². The van der Waals surface area contributed by atoms with Crippen molar-refractivity contribution in [1.29, 1.82) is 0 Å². The highest BCUT2D eigenvalue weighted by Gasteiger charge is 2.17. The number of aromatic nitrogens is 4. The Hall–Kier alpha value is -3.48. The highest BCUT2D eigenvalue weighted by atomic mass is 16.4. The summed E-state index contributed by atoms with van der Waals surface area (Å²) in [7, 11) is 0. The summed E-state index contributed by atoms with van der Waals surface area (Å²) in [5.74, 6) is -0.554. The summed E-state index contributed by atoms with van der Waals surface area (Å²) >= 11 is 0. The number of hydrogen-bond acceptors (Lipinski definition) is 5. The number of aryl methyl sites for hydroxylation is 1. The van der Waals surface area contributed by atoms with Crippen molar-refractivity contribution in [3.8, 4) is 0 Å². The molecule has 118 valence electrons. The van der Waals surface area contributed by atoms with Gasteiger partial charge >= 0.3 is 5.97 Å². The number of nitrogens with zero attached hydrogens (tertiary/aromatic N) is 4. The Balaban J connectivity index is 1.96. The van der Waals surface area contributed by atoms with Gasteiger partial charge in [-0.2, -0.15) is 0 Å². The second kappa shape index (κ2) is 5.31. The van der Waals surface area contributed by atoms with E-state index in [0.29, 0.717) is 5.82 Å². The zero-order valence-corrected chi connectivity index (χ0v) is 12.8. The number of aromatic carboxylic acids is 1. The summed E-state index contributed by atoms with van der Waals surface area (Å²) < 4.78 is 1.63. The van der Waals surface area contributed by atoms with E-state index >= 15 is 0 Å². The first-order chi connectivity index (χ1) is 11.6. The SMILES string of the molecule is Cc1ccc(Nc2nc3c(C(=O)O)ncn3c3cnccc23)cc1. The monoisotopic (exact) mass is 319 g/mol. The summed E-state index contributed by atoms with van der Waals surface area (Å²) in [6.07, 6.45) is 4.79. The maximum Gasteiger partial charge on any atom is 0.358 e. The van der Waals surface area contributed by atoms with Crippen molar-refractivity contribution in [1.82, 2.24) is 19.4 Å². The predicted octanol–water partition coefficient (Wildman–Crippen LogP) is 3.03. The molecule has 0 aliphatic heterocycles. The quantitative estimate of drug-likeness (QED) is 0.603. The van der Waals surface area contributed by atoms with Gasteiger partial charge in [0.25, 0.3) is 0 Å². The van der Waals surface area contributed by atoms with Crippen LogP contribution in [0.15, 0.2) is 49.1 Å². The molecule has 0 aliphatic rings. The van der Waals surface area contributed by atoms with E-state index in [1.54, 1.807) is 16.8 Å². The van der Waals surface area contributed by atoms with Crippen molar-refractivity contribution in [2.75, 3.05) is 5.32 Å². The maximum atomic E-state index is 11.4. The van der Waals surface area contributed by atoms with Gasteiger partial charge in [-0.25, -0.2) is 14.8 Å². The van der Waals surface area contributed by atoms with Crippen molar-refractivity contribution in [2.45, 2.75) is 6.92 Å². The number of imidazole rings is 1. The van der Waals surface area contributed by atoms with E-state index in [4.69, 9.17) is 0 Å². The number of anilines is 2. The van der Waals surface area contributed by atoms with Gasteiger partial charge in [-0.3, -0.25) is 9.38 Å². The highest BCUT2D eigenvalue weighted by molar-refractivity contribution is 5.97. The lowest BCUT2D eigenvalue weighted by molar-refractivity contribution is 0.0693. The van der Waals surface area contributed by atoms with Gasteiger partial charge in [0, 0.05) is 17.3 Å². The molecular weight excluding hydrogens is 306 g/mol. The highest BCUT2D eigenvalue weighted by Crippen LogP contribution is 2.26. The molecule has 7 heteroatoms. The molecule has 0 radical (unpaired) electrons. The van der Waals surface area contributed by atoms with Gasteiger partial charge in [-0.15, -0.1) is 0 Å². The Labute approximate surface area is 136 Å². The van der Waals surface area contributed by atoms with Crippen molar-refractivity contribution in [3.05, 3.63) is 60.3 Å². The summed E-state index contributed by atoms with van der Waals surface area (Å²) in [5, 5.41) is 13.4. The van der Waals surface area contributed by atoms with Crippen LogP contribution in [-0.2, 0) is 0 Å². The zero-order valence-electron chi connectivity index (χ0n) is 12.8. The Bertz CT molecular complexity index is 1070. The number of nitrogens with one attached hydrogen (secondary N) is 1. The number of fused-ring (bicyclic) bond motifs is 3. The van der Waals surface area contributed by atoms with Gasteiger partial charge < -0.3 is 10.4 Å². The molecule has 0 unspecified atom stereocenters. The van der Waals surface area contributed by atoms with Crippen molar-refractivity contribution in [3.63, 3.8) is 0 Å². The van der Waals surface area contributed by atoms with Gasteiger partial charge in [0.15, 0.2) is 11.3 Å². The van der Waals surface area contributed by atoms with Gasteiger partial charge in [0.1, 0.15) is 12.1 Å². The van der Waals surface area contributed by atoms with E-state index in [1.807, 2.05) is 37.3 Å². The molecule has 0 aliphatic carbocycles. The number of benzene rings is 1. The lowest BCUT2D eigenvalue weighted by Gasteiger charge is -2.11. The minimum Gasteiger partial charge on any atom is -0.476 e. The van der Waals surface area contributed by atoms with Crippen molar-refractivity contribution in [2.24, 2.45) is 0 Å². The molecule has 7 nitrogen and oxygen atoms in total. The van der Waals surface area contributed by atoms with Crippen LogP contribution in [0.25, 0.3) is 16.6 Å². The molecule has 2 N–H and O–H groups in total. The van der Waals surface area contributed by atoms with Crippen LogP contribution in [0.3, 0.4) is 0 Å². The minimum absolute atomic E-state index is 0.0901. The van der Waals surface area contributed by atoms with Crippen LogP contribution < -0.4 is 5.32 Å². The maximum absolute atomic E-state index is 11.4. The number of carboxylic acids is 1. The molecule has 0 fully saturated rings. The molecule has 3 heterocycles. The molecule has 0 amide bonds. The third kappa shape index (κ3) is 2.23. The first kappa shape index (κ1) is 14.1. The van der Waals surface area contributed by atoms with Crippen LogP contribution in [0.2, 0.25) is 0 Å². The van der Waals surface area contributed by atoms with E-state index < -0.39 is 5.97 Å². The van der Waals surface area contributed by atoms with Gasteiger partial charge in [-0.1, -0.05) is 17.7 Å². The van der Waals surface area contributed by atoms with E-state index in [9.17, 15) is 9.90 Å². The predicted molar refractivity (Wildman–Crippen MR) is 89.7 cm³/mol. The Morgan fingerprint density at radius 3 is 2.75 bits per heavy atom. The fraction of sp³-hybridized carbons (Fsp3) is 0.0588. The third-order valence-electron chi connectivity index (χ3n) is 3.79. The number of carboxylic acid groups (broad SMARTS) is 1. The van der Waals surface area contributed by atoms with Crippen LogP contribution in [0.5, 0.6) is 0 Å². The molecule has 24 heavy (non-hydrogen) atoms. The van der Waals surface area contributed by atoms with E-state index in [0.717, 1.165) is 22.2 Å². The van der Waals surface area contributed by atoms with Crippen molar-refractivity contribution < 1.29 is 9.90 Å². The summed E-state index contributed by atoms with van der Waals surface area (Å²) in [5.41, 5.74) is 2.94. The molecule has 0 saturated carbocycles. The molecule has 0 spiro atoms. The standard InChI is InChI=1S/C17H13N5O2/c1-10-2-4-11(5-3-10)20-15-12-6-7-18-8-13(12)22-9-19-14(17(23)24)16(22)21-15/h2-9H,1H3,(H,20,21)(H,23,24). The van der Waals surface area contributed by atoms with E-state index in [1.165, 1.54) is 6.33 Å². The minimum atomic E-state index is -1.12. The van der Waals surface area contributed by atoms with Gasteiger partial charge in [0.2, 0.25) is 0 Å². The number of rotatable bonds is 3. The average Bonchev–Trinajstić information content (AvgIpc) is 3.01. The third-order valence-corrected chi connectivity index (χ3v) is 3.79. The number of pyridine rings is 1. The molecule has 0 atom stereocenters. The molecule has 0 saturated heterocycles. The Kier molecular flexibility index (Phi) is 3.13. The number of carbonyl (C=O) groups is 1. The summed E-state index contributed by atoms with van der Waals surface area (Å²) in [6, 6.07) is 9.71.